The standard InChI is InChI=1S/C20H23N3O3S/c1-14-16-6-2-3-7-17(16)22-23(14)10-5-9-21-19(24)12-15(13-20(25)26)18-8-4-11-27-18/h2-4,6-8,11,15H,5,9-10,12-13H2,1H3,(H,21,24)(H,25,26). The molecule has 142 valence electrons. The Balaban J connectivity index is 1.48. The van der Waals surface area contributed by atoms with Crippen LogP contribution in [0.15, 0.2) is 41.8 Å². The molecule has 2 heterocycles. The van der Waals surface area contributed by atoms with Gasteiger partial charge in [-0.05, 0) is 30.9 Å². The van der Waals surface area contributed by atoms with Crippen LogP contribution in [0.4, 0.5) is 0 Å². The fourth-order valence-corrected chi connectivity index (χ4v) is 4.02. The predicted octanol–water partition coefficient (Wildman–Crippen LogP) is 3.56. The van der Waals surface area contributed by atoms with Crippen LogP contribution in [0.3, 0.4) is 0 Å². The number of hydrogen-bond donors (Lipinski definition) is 2. The Labute approximate surface area is 161 Å². The van der Waals surface area contributed by atoms with Crippen molar-refractivity contribution in [2.75, 3.05) is 6.54 Å². The average molecular weight is 385 g/mol. The molecule has 0 saturated heterocycles. The number of benzene rings is 1. The summed E-state index contributed by atoms with van der Waals surface area (Å²) in [5.74, 6) is -1.28. The van der Waals surface area contributed by atoms with E-state index in [9.17, 15) is 9.59 Å². The number of carboxylic acid groups (broad SMARTS) is 1. The number of carboxylic acids is 1. The van der Waals surface area contributed by atoms with E-state index in [1.165, 1.54) is 11.3 Å². The SMILES string of the molecule is Cc1c2ccccc2nn1CCCNC(=O)CC(CC(=O)O)c1cccs1. The summed E-state index contributed by atoms with van der Waals surface area (Å²) in [4.78, 5) is 24.2. The lowest BCUT2D eigenvalue weighted by molar-refractivity contribution is -0.137. The fraction of sp³-hybridized carbons (Fsp3) is 0.350. The highest BCUT2D eigenvalue weighted by molar-refractivity contribution is 7.10. The van der Waals surface area contributed by atoms with Gasteiger partial charge in [0.25, 0.3) is 0 Å². The quantitative estimate of drug-likeness (QED) is 0.552. The van der Waals surface area contributed by atoms with E-state index in [2.05, 4.69) is 16.5 Å². The summed E-state index contributed by atoms with van der Waals surface area (Å²) in [7, 11) is 0. The van der Waals surface area contributed by atoms with Crippen LogP contribution >= 0.6 is 11.3 Å². The summed E-state index contributed by atoms with van der Waals surface area (Å²) in [5, 5.41) is 19.6. The number of aryl methyl sites for hydroxylation is 2. The second kappa shape index (κ2) is 8.81. The van der Waals surface area contributed by atoms with Crippen LogP contribution in [-0.4, -0.2) is 33.3 Å². The number of nitrogens with one attached hydrogen (secondary N) is 1. The lowest BCUT2D eigenvalue weighted by Gasteiger charge is -2.13. The summed E-state index contributed by atoms with van der Waals surface area (Å²) < 4.78 is 1.97. The molecule has 0 aliphatic heterocycles. The summed E-state index contributed by atoms with van der Waals surface area (Å²) in [6.07, 6.45) is 0.924. The van der Waals surface area contributed by atoms with E-state index in [0.717, 1.165) is 34.4 Å². The molecule has 3 rings (SSSR count). The molecule has 7 heteroatoms. The Morgan fingerprint density at radius 1 is 1.22 bits per heavy atom. The van der Waals surface area contributed by atoms with Crippen LogP contribution in [0, 0.1) is 6.92 Å². The van der Waals surface area contributed by atoms with Crippen molar-refractivity contribution in [3.8, 4) is 0 Å². The molecule has 0 aliphatic rings. The molecule has 3 aromatic rings. The summed E-state index contributed by atoms with van der Waals surface area (Å²) in [5.41, 5.74) is 2.10. The van der Waals surface area contributed by atoms with Gasteiger partial charge < -0.3 is 10.4 Å². The minimum absolute atomic E-state index is 0.0347. The van der Waals surface area contributed by atoms with Crippen molar-refractivity contribution in [3.05, 3.63) is 52.3 Å². The third-order valence-corrected chi connectivity index (χ3v) is 5.61. The number of nitrogens with zero attached hydrogens (tertiary/aromatic N) is 2. The van der Waals surface area contributed by atoms with E-state index in [0.29, 0.717) is 6.54 Å². The number of thiophene rings is 1. The van der Waals surface area contributed by atoms with Crippen molar-refractivity contribution in [1.29, 1.82) is 0 Å². The van der Waals surface area contributed by atoms with E-state index in [1.807, 2.05) is 47.3 Å². The molecule has 27 heavy (non-hydrogen) atoms. The molecule has 0 saturated carbocycles. The molecule has 2 aromatic heterocycles. The molecule has 0 bridgehead atoms. The van der Waals surface area contributed by atoms with E-state index < -0.39 is 5.97 Å². The van der Waals surface area contributed by atoms with Gasteiger partial charge in [-0.3, -0.25) is 14.3 Å². The highest BCUT2D eigenvalue weighted by Crippen LogP contribution is 2.27. The zero-order valence-corrected chi connectivity index (χ0v) is 16.0. The molecule has 1 amide bonds. The Hall–Kier alpha value is -2.67. The van der Waals surface area contributed by atoms with Gasteiger partial charge in [0.1, 0.15) is 0 Å². The first kappa shape index (κ1) is 19.1. The third kappa shape index (κ3) is 4.95. The Morgan fingerprint density at radius 2 is 2.04 bits per heavy atom. The number of amides is 1. The topological polar surface area (TPSA) is 84.2 Å². The van der Waals surface area contributed by atoms with E-state index in [4.69, 9.17) is 5.11 Å². The van der Waals surface area contributed by atoms with Crippen LogP contribution in [0.25, 0.3) is 10.9 Å². The number of rotatable bonds is 9. The third-order valence-electron chi connectivity index (χ3n) is 4.58. The van der Waals surface area contributed by atoms with Crippen molar-refractivity contribution in [1.82, 2.24) is 15.1 Å². The zero-order chi connectivity index (χ0) is 19.2. The molecule has 0 aliphatic carbocycles. The second-order valence-corrected chi connectivity index (χ2v) is 7.52. The van der Waals surface area contributed by atoms with Crippen molar-refractivity contribution in [2.45, 2.75) is 38.6 Å². The van der Waals surface area contributed by atoms with Gasteiger partial charge in [-0.15, -0.1) is 11.3 Å². The highest BCUT2D eigenvalue weighted by Gasteiger charge is 2.20. The maximum absolute atomic E-state index is 12.2. The molecule has 0 radical (unpaired) electrons. The van der Waals surface area contributed by atoms with Crippen molar-refractivity contribution < 1.29 is 14.7 Å². The zero-order valence-electron chi connectivity index (χ0n) is 15.2. The van der Waals surface area contributed by atoms with Crippen molar-refractivity contribution in [2.24, 2.45) is 0 Å². The predicted molar refractivity (Wildman–Crippen MR) is 106 cm³/mol. The maximum atomic E-state index is 12.2. The molecule has 6 nitrogen and oxygen atoms in total. The number of aliphatic carboxylic acids is 1. The van der Waals surface area contributed by atoms with E-state index >= 15 is 0 Å². The van der Waals surface area contributed by atoms with Gasteiger partial charge in [-0.25, -0.2) is 0 Å². The summed E-state index contributed by atoms with van der Waals surface area (Å²) in [6.45, 7) is 3.31. The molecule has 2 N–H and O–H groups in total. The molecular formula is C20H23N3O3S. The normalized spacial score (nSPS) is 12.2. The average Bonchev–Trinajstić information content (AvgIpc) is 3.27. The maximum Gasteiger partial charge on any atom is 0.304 e. The van der Waals surface area contributed by atoms with E-state index in [1.54, 1.807) is 0 Å². The number of carbonyl (C=O) groups excluding carboxylic acids is 1. The Bertz CT molecular complexity index is 918. The fourth-order valence-electron chi connectivity index (χ4n) is 3.19. The van der Waals surface area contributed by atoms with Crippen LogP contribution in [0.2, 0.25) is 0 Å². The number of aromatic nitrogens is 2. The van der Waals surface area contributed by atoms with Gasteiger partial charge in [0.15, 0.2) is 0 Å². The van der Waals surface area contributed by atoms with Crippen LogP contribution in [0.5, 0.6) is 0 Å². The number of fused-ring (bicyclic) bond motifs is 1. The van der Waals surface area contributed by atoms with Crippen LogP contribution in [-0.2, 0) is 16.1 Å². The van der Waals surface area contributed by atoms with Crippen molar-refractivity contribution >= 4 is 34.1 Å². The smallest absolute Gasteiger partial charge is 0.304 e. The van der Waals surface area contributed by atoms with Gasteiger partial charge in [0.2, 0.25) is 5.91 Å². The minimum atomic E-state index is -0.887. The molecule has 1 atom stereocenters. The lowest BCUT2D eigenvalue weighted by atomic mass is 9.99. The number of hydrogen-bond acceptors (Lipinski definition) is 4. The Morgan fingerprint density at radius 3 is 2.74 bits per heavy atom. The first-order valence-electron chi connectivity index (χ1n) is 8.98. The second-order valence-electron chi connectivity index (χ2n) is 6.54. The molecule has 1 unspecified atom stereocenters. The largest absolute Gasteiger partial charge is 0.481 e. The van der Waals surface area contributed by atoms with Gasteiger partial charge >= 0.3 is 5.97 Å². The van der Waals surface area contributed by atoms with Crippen LogP contribution in [0.1, 0.15) is 35.8 Å². The van der Waals surface area contributed by atoms with Gasteiger partial charge in [0, 0.05) is 41.4 Å². The highest BCUT2D eigenvalue weighted by atomic mass is 32.1. The summed E-state index contributed by atoms with van der Waals surface area (Å²) in [6, 6.07) is 11.8. The molecular weight excluding hydrogens is 362 g/mol. The molecule has 0 fully saturated rings. The Kier molecular flexibility index (Phi) is 6.24. The first-order valence-corrected chi connectivity index (χ1v) is 9.86. The summed E-state index contributed by atoms with van der Waals surface area (Å²) >= 11 is 1.49. The van der Waals surface area contributed by atoms with Crippen LogP contribution < -0.4 is 5.32 Å². The van der Waals surface area contributed by atoms with E-state index in [-0.39, 0.29) is 24.7 Å². The molecule has 0 spiro atoms. The van der Waals surface area contributed by atoms with Crippen molar-refractivity contribution in [3.63, 3.8) is 0 Å². The number of carbonyl (C=O) groups is 2. The van der Waals surface area contributed by atoms with Gasteiger partial charge in [-0.1, -0.05) is 24.3 Å². The minimum Gasteiger partial charge on any atom is -0.481 e. The monoisotopic (exact) mass is 385 g/mol. The lowest BCUT2D eigenvalue weighted by Crippen LogP contribution is -2.27. The van der Waals surface area contributed by atoms with Gasteiger partial charge in [0.05, 0.1) is 11.9 Å². The molecule has 1 aromatic carbocycles. The first-order chi connectivity index (χ1) is 13.0. The van der Waals surface area contributed by atoms with Gasteiger partial charge in [-0.2, -0.15) is 5.10 Å².